The van der Waals surface area contributed by atoms with Crippen LogP contribution >= 0.6 is 11.3 Å². The zero-order chi connectivity index (χ0) is 13.2. The average molecular weight is 272 g/mol. The minimum Gasteiger partial charge on any atom is -0.463 e. The molecule has 94 valence electrons. The first-order valence-electron chi connectivity index (χ1n) is 5.49. The molecule has 0 saturated heterocycles. The predicted octanol–water partition coefficient (Wildman–Crippen LogP) is 3.89. The highest BCUT2D eigenvalue weighted by atomic mass is 32.1. The number of furan rings is 2. The summed E-state index contributed by atoms with van der Waals surface area (Å²) in [4.78, 5) is 23.4. The quantitative estimate of drug-likeness (QED) is 0.676. The second-order valence-electron chi connectivity index (χ2n) is 3.81. The van der Waals surface area contributed by atoms with Crippen LogP contribution in [0.15, 0.2) is 45.6 Å². The van der Waals surface area contributed by atoms with Crippen LogP contribution in [-0.2, 0) is 0 Å². The smallest absolute Gasteiger partial charge is 0.154 e. The lowest BCUT2D eigenvalue weighted by atomic mass is 10.2. The fourth-order valence-corrected chi connectivity index (χ4v) is 2.83. The Bertz CT molecular complexity index is 671. The van der Waals surface area contributed by atoms with E-state index in [1.165, 1.54) is 23.9 Å². The van der Waals surface area contributed by atoms with Gasteiger partial charge in [0, 0.05) is 0 Å². The maximum atomic E-state index is 10.9. The molecule has 0 aliphatic rings. The number of carbonyl (C=O) groups is 2. The molecule has 4 nitrogen and oxygen atoms in total. The molecule has 3 rings (SSSR count). The van der Waals surface area contributed by atoms with Crippen LogP contribution in [0, 0.1) is 0 Å². The number of hydrogen-bond acceptors (Lipinski definition) is 5. The van der Waals surface area contributed by atoms with Crippen molar-refractivity contribution in [3.8, 4) is 21.3 Å². The Hall–Kier alpha value is -2.40. The standard InChI is InChI=1S/C14H8O4S/c15-7-9-3-5-17-13(9)11-1-2-12(19-11)14-10(8-16)4-6-18-14/h1-8H. The van der Waals surface area contributed by atoms with Gasteiger partial charge in [0.25, 0.3) is 0 Å². The van der Waals surface area contributed by atoms with E-state index in [4.69, 9.17) is 8.83 Å². The van der Waals surface area contributed by atoms with E-state index in [1.807, 2.05) is 12.1 Å². The third-order valence-electron chi connectivity index (χ3n) is 2.70. The van der Waals surface area contributed by atoms with Gasteiger partial charge < -0.3 is 8.83 Å². The fourth-order valence-electron chi connectivity index (χ4n) is 1.81. The van der Waals surface area contributed by atoms with Crippen molar-refractivity contribution in [1.82, 2.24) is 0 Å². The summed E-state index contributed by atoms with van der Waals surface area (Å²) >= 11 is 1.40. The van der Waals surface area contributed by atoms with Crippen molar-refractivity contribution >= 4 is 23.9 Å². The first-order chi connectivity index (χ1) is 9.33. The van der Waals surface area contributed by atoms with Crippen molar-refractivity contribution in [2.75, 3.05) is 0 Å². The highest BCUT2D eigenvalue weighted by Crippen LogP contribution is 2.37. The molecule has 0 atom stereocenters. The Kier molecular flexibility index (Phi) is 2.89. The van der Waals surface area contributed by atoms with E-state index in [0.29, 0.717) is 22.6 Å². The van der Waals surface area contributed by atoms with E-state index in [1.54, 1.807) is 12.1 Å². The lowest BCUT2D eigenvalue weighted by molar-refractivity contribution is 0.111. The topological polar surface area (TPSA) is 60.4 Å². The van der Waals surface area contributed by atoms with Gasteiger partial charge in [-0.25, -0.2) is 0 Å². The number of aldehydes is 2. The summed E-state index contributed by atoms with van der Waals surface area (Å²) in [5.41, 5.74) is 1.01. The van der Waals surface area contributed by atoms with E-state index >= 15 is 0 Å². The normalized spacial score (nSPS) is 10.5. The van der Waals surface area contributed by atoms with Crippen LogP contribution in [0.4, 0.5) is 0 Å². The van der Waals surface area contributed by atoms with E-state index in [-0.39, 0.29) is 0 Å². The molecule has 5 heteroatoms. The van der Waals surface area contributed by atoms with Crippen molar-refractivity contribution in [3.05, 3.63) is 47.9 Å². The van der Waals surface area contributed by atoms with Crippen molar-refractivity contribution in [2.24, 2.45) is 0 Å². The van der Waals surface area contributed by atoms with E-state index in [0.717, 1.165) is 22.3 Å². The molecular weight excluding hydrogens is 264 g/mol. The molecule has 0 aliphatic heterocycles. The van der Waals surface area contributed by atoms with Gasteiger partial charge >= 0.3 is 0 Å². The molecule has 3 aromatic rings. The molecule has 0 aliphatic carbocycles. The SMILES string of the molecule is O=Cc1ccoc1-c1ccc(-c2occc2C=O)s1. The Morgan fingerprint density at radius 1 is 0.789 bits per heavy atom. The van der Waals surface area contributed by atoms with E-state index in [9.17, 15) is 9.59 Å². The first kappa shape index (κ1) is 11.7. The summed E-state index contributed by atoms with van der Waals surface area (Å²) in [5.74, 6) is 1.07. The van der Waals surface area contributed by atoms with Crippen molar-refractivity contribution in [1.29, 1.82) is 0 Å². The molecule has 0 bridgehead atoms. The van der Waals surface area contributed by atoms with Gasteiger partial charge in [-0.15, -0.1) is 11.3 Å². The zero-order valence-corrected chi connectivity index (χ0v) is 10.5. The third kappa shape index (κ3) is 1.94. The van der Waals surface area contributed by atoms with Gasteiger partial charge in [-0.2, -0.15) is 0 Å². The van der Waals surface area contributed by atoms with Crippen LogP contribution in [0.1, 0.15) is 20.7 Å². The number of rotatable bonds is 4. The molecular formula is C14H8O4S. The maximum absolute atomic E-state index is 10.9. The Morgan fingerprint density at radius 3 is 1.68 bits per heavy atom. The van der Waals surface area contributed by atoms with Gasteiger partial charge in [0.2, 0.25) is 0 Å². The molecule has 0 saturated carbocycles. The second kappa shape index (κ2) is 4.70. The van der Waals surface area contributed by atoms with Crippen LogP contribution in [0.5, 0.6) is 0 Å². The maximum Gasteiger partial charge on any atom is 0.154 e. The van der Waals surface area contributed by atoms with Gasteiger partial charge in [0.15, 0.2) is 24.1 Å². The summed E-state index contributed by atoms with van der Waals surface area (Å²) in [5, 5.41) is 0. The number of hydrogen-bond donors (Lipinski definition) is 0. The zero-order valence-electron chi connectivity index (χ0n) is 9.66. The van der Waals surface area contributed by atoms with Gasteiger partial charge in [-0.1, -0.05) is 0 Å². The number of carbonyl (C=O) groups excluding carboxylic acids is 2. The van der Waals surface area contributed by atoms with Crippen molar-refractivity contribution in [3.63, 3.8) is 0 Å². The molecule has 0 unspecified atom stereocenters. The Labute approximate surface area is 112 Å². The van der Waals surface area contributed by atoms with Crippen LogP contribution in [0.2, 0.25) is 0 Å². The second-order valence-corrected chi connectivity index (χ2v) is 4.89. The summed E-state index contributed by atoms with van der Waals surface area (Å²) < 4.78 is 10.6. The third-order valence-corrected chi connectivity index (χ3v) is 3.78. The average Bonchev–Trinajstić information content (AvgIpc) is 3.16. The molecule has 0 fully saturated rings. The summed E-state index contributed by atoms with van der Waals surface area (Å²) in [7, 11) is 0. The molecule has 0 radical (unpaired) electrons. The predicted molar refractivity (Wildman–Crippen MR) is 70.5 cm³/mol. The first-order valence-corrected chi connectivity index (χ1v) is 6.31. The van der Waals surface area contributed by atoms with Crippen LogP contribution < -0.4 is 0 Å². The van der Waals surface area contributed by atoms with Crippen LogP contribution in [-0.4, -0.2) is 12.6 Å². The van der Waals surface area contributed by atoms with Crippen LogP contribution in [0.25, 0.3) is 21.3 Å². The monoisotopic (exact) mass is 272 g/mol. The van der Waals surface area contributed by atoms with Gasteiger partial charge in [-0.3, -0.25) is 9.59 Å². The molecule has 0 amide bonds. The summed E-state index contributed by atoms with van der Waals surface area (Å²) in [6.07, 6.45) is 4.45. The molecule has 3 aromatic heterocycles. The largest absolute Gasteiger partial charge is 0.463 e. The lowest BCUT2D eigenvalue weighted by Gasteiger charge is -1.93. The van der Waals surface area contributed by atoms with Crippen LogP contribution in [0.3, 0.4) is 0 Å². The molecule has 3 heterocycles. The molecule has 19 heavy (non-hydrogen) atoms. The Morgan fingerprint density at radius 2 is 1.26 bits per heavy atom. The molecule has 0 aromatic carbocycles. The summed E-state index contributed by atoms with van der Waals surface area (Å²) in [6, 6.07) is 6.91. The van der Waals surface area contributed by atoms with Crippen molar-refractivity contribution in [2.45, 2.75) is 0 Å². The van der Waals surface area contributed by atoms with Gasteiger partial charge in [0.1, 0.15) is 0 Å². The highest BCUT2D eigenvalue weighted by molar-refractivity contribution is 7.18. The minimum atomic E-state index is 0.503. The van der Waals surface area contributed by atoms with Crippen molar-refractivity contribution < 1.29 is 18.4 Å². The van der Waals surface area contributed by atoms with Gasteiger partial charge in [-0.05, 0) is 24.3 Å². The molecule has 0 spiro atoms. The van der Waals surface area contributed by atoms with E-state index in [2.05, 4.69) is 0 Å². The van der Waals surface area contributed by atoms with Gasteiger partial charge in [0.05, 0.1) is 33.4 Å². The highest BCUT2D eigenvalue weighted by Gasteiger charge is 2.15. The Balaban J connectivity index is 2.05. The lowest BCUT2D eigenvalue weighted by Crippen LogP contribution is -1.77. The number of thiophene rings is 1. The van der Waals surface area contributed by atoms with E-state index < -0.39 is 0 Å². The summed E-state index contributed by atoms with van der Waals surface area (Å²) in [6.45, 7) is 0. The molecule has 0 N–H and O–H groups in total. The minimum absolute atomic E-state index is 0.503. The fraction of sp³-hybridized carbons (Fsp3) is 0.